The van der Waals surface area contributed by atoms with Crippen LogP contribution in [0.15, 0.2) is 0 Å². The van der Waals surface area contributed by atoms with Gasteiger partial charge in [-0.2, -0.15) is 0 Å². The highest BCUT2D eigenvalue weighted by molar-refractivity contribution is 5.85. The maximum Gasteiger partial charge on any atom is 0.112 e. The number of halogens is 1. The Morgan fingerprint density at radius 3 is 2.79 bits per heavy atom. The molecule has 0 amide bonds. The Bertz CT molecular complexity index is 180. The van der Waals surface area contributed by atoms with Crippen LogP contribution < -0.4 is 5.32 Å². The first-order valence-corrected chi connectivity index (χ1v) is 5.32. The van der Waals surface area contributed by atoms with Crippen molar-refractivity contribution in [1.29, 1.82) is 0 Å². The number of hydrogen-bond acceptors (Lipinski definition) is 3. The molecule has 1 N–H and O–H groups in total. The second-order valence-electron chi connectivity index (χ2n) is 4.49. The van der Waals surface area contributed by atoms with E-state index >= 15 is 0 Å². The highest BCUT2D eigenvalue weighted by Crippen LogP contribution is 2.22. The number of piperidine rings is 1. The third-order valence-corrected chi connectivity index (χ3v) is 3.06. The standard InChI is InChI=1S/C10H20N2O.ClH/c1-8-7-13-10(11-8)9-4-3-5-12(2)6-9;/h8-11H,3-7H2,1-2H3;1H. The Labute approximate surface area is 92.6 Å². The zero-order chi connectivity index (χ0) is 9.26. The van der Waals surface area contributed by atoms with Crippen LogP contribution in [0, 0.1) is 5.92 Å². The molecule has 84 valence electrons. The van der Waals surface area contributed by atoms with E-state index in [2.05, 4.69) is 24.2 Å². The van der Waals surface area contributed by atoms with Crippen molar-refractivity contribution < 1.29 is 4.74 Å². The zero-order valence-corrected chi connectivity index (χ0v) is 9.85. The first kappa shape index (κ1) is 12.2. The Balaban J connectivity index is 0.000000980. The molecule has 3 atom stereocenters. The quantitative estimate of drug-likeness (QED) is 0.716. The van der Waals surface area contributed by atoms with E-state index in [1.807, 2.05) is 0 Å². The molecular weight excluding hydrogens is 200 g/mol. The van der Waals surface area contributed by atoms with E-state index in [-0.39, 0.29) is 12.4 Å². The average Bonchev–Trinajstić information content (AvgIpc) is 2.52. The van der Waals surface area contributed by atoms with Gasteiger partial charge in [-0.1, -0.05) is 0 Å². The normalized spacial score (nSPS) is 39.4. The van der Waals surface area contributed by atoms with Gasteiger partial charge in [-0.25, -0.2) is 0 Å². The van der Waals surface area contributed by atoms with Gasteiger partial charge in [0.05, 0.1) is 6.61 Å². The molecule has 3 nitrogen and oxygen atoms in total. The van der Waals surface area contributed by atoms with Gasteiger partial charge in [0.2, 0.25) is 0 Å². The van der Waals surface area contributed by atoms with Crippen molar-refractivity contribution in [2.45, 2.75) is 32.0 Å². The molecule has 0 spiro atoms. The minimum Gasteiger partial charge on any atom is -0.361 e. The van der Waals surface area contributed by atoms with E-state index in [4.69, 9.17) is 4.74 Å². The van der Waals surface area contributed by atoms with Crippen molar-refractivity contribution in [1.82, 2.24) is 10.2 Å². The predicted molar refractivity (Wildman–Crippen MR) is 59.8 cm³/mol. The monoisotopic (exact) mass is 220 g/mol. The molecule has 0 aromatic heterocycles. The molecule has 2 fully saturated rings. The van der Waals surface area contributed by atoms with Crippen LogP contribution >= 0.6 is 12.4 Å². The third-order valence-electron chi connectivity index (χ3n) is 3.06. The number of nitrogens with zero attached hydrogens (tertiary/aromatic N) is 1. The minimum absolute atomic E-state index is 0. The summed E-state index contributed by atoms with van der Waals surface area (Å²) in [5.74, 6) is 0.698. The number of likely N-dealkylation sites (tertiary alicyclic amines) is 1. The molecule has 0 saturated carbocycles. The molecule has 2 aliphatic heterocycles. The van der Waals surface area contributed by atoms with Gasteiger partial charge in [0.1, 0.15) is 6.23 Å². The first-order valence-electron chi connectivity index (χ1n) is 5.32. The maximum absolute atomic E-state index is 5.72. The lowest BCUT2D eigenvalue weighted by atomic mass is 9.97. The number of rotatable bonds is 1. The molecule has 0 bridgehead atoms. The average molecular weight is 221 g/mol. The molecule has 2 aliphatic rings. The summed E-state index contributed by atoms with van der Waals surface area (Å²) in [5.41, 5.74) is 0. The fourth-order valence-electron chi connectivity index (χ4n) is 2.35. The molecule has 2 heterocycles. The van der Waals surface area contributed by atoms with Gasteiger partial charge in [-0.3, -0.25) is 5.32 Å². The van der Waals surface area contributed by atoms with Crippen molar-refractivity contribution in [2.75, 3.05) is 26.7 Å². The van der Waals surface area contributed by atoms with E-state index in [1.54, 1.807) is 0 Å². The van der Waals surface area contributed by atoms with Gasteiger partial charge in [-0.05, 0) is 33.4 Å². The van der Waals surface area contributed by atoms with Gasteiger partial charge >= 0.3 is 0 Å². The largest absolute Gasteiger partial charge is 0.361 e. The summed E-state index contributed by atoms with van der Waals surface area (Å²) in [6, 6.07) is 0.539. The van der Waals surface area contributed by atoms with Gasteiger partial charge < -0.3 is 9.64 Å². The molecule has 2 rings (SSSR count). The number of nitrogens with one attached hydrogen (secondary N) is 1. The second-order valence-corrected chi connectivity index (χ2v) is 4.49. The van der Waals surface area contributed by atoms with E-state index < -0.39 is 0 Å². The highest BCUT2D eigenvalue weighted by atomic mass is 35.5. The van der Waals surface area contributed by atoms with Crippen LogP contribution in [-0.2, 0) is 4.74 Å². The van der Waals surface area contributed by atoms with Crippen molar-refractivity contribution in [2.24, 2.45) is 5.92 Å². The fraction of sp³-hybridized carbons (Fsp3) is 1.00. The van der Waals surface area contributed by atoms with Crippen LogP contribution in [0.5, 0.6) is 0 Å². The Kier molecular flexibility index (Phi) is 4.64. The summed E-state index contributed by atoms with van der Waals surface area (Å²) in [7, 11) is 2.20. The lowest BCUT2D eigenvalue weighted by Gasteiger charge is -2.32. The SMILES string of the molecule is CC1COC(C2CCCN(C)C2)N1.Cl. The van der Waals surface area contributed by atoms with Crippen molar-refractivity contribution in [3.8, 4) is 0 Å². The topological polar surface area (TPSA) is 24.5 Å². The first-order chi connectivity index (χ1) is 6.25. The maximum atomic E-state index is 5.72. The molecule has 2 saturated heterocycles. The Hall–Kier alpha value is 0.170. The van der Waals surface area contributed by atoms with Crippen LogP contribution in [-0.4, -0.2) is 43.9 Å². The van der Waals surface area contributed by atoms with Gasteiger partial charge in [0, 0.05) is 18.5 Å². The number of hydrogen-bond donors (Lipinski definition) is 1. The smallest absolute Gasteiger partial charge is 0.112 e. The molecular formula is C10H21ClN2O. The second kappa shape index (κ2) is 5.31. The fourth-order valence-corrected chi connectivity index (χ4v) is 2.35. The Morgan fingerprint density at radius 1 is 1.43 bits per heavy atom. The van der Waals surface area contributed by atoms with E-state index in [9.17, 15) is 0 Å². The summed E-state index contributed by atoms with van der Waals surface area (Å²) in [4.78, 5) is 2.40. The van der Waals surface area contributed by atoms with Crippen molar-refractivity contribution >= 4 is 12.4 Å². The van der Waals surface area contributed by atoms with Crippen LogP contribution in [0.1, 0.15) is 19.8 Å². The van der Waals surface area contributed by atoms with Crippen molar-refractivity contribution in [3.05, 3.63) is 0 Å². The molecule has 0 radical (unpaired) electrons. The molecule has 3 unspecified atom stereocenters. The van der Waals surface area contributed by atoms with E-state index in [0.717, 1.165) is 6.61 Å². The lowest BCUT2D eigenvalue weighted by molar-refractivity contribution is 0.0214. The summed E-state index contributed by atoms with van der Waals surface area (Å²) in [6.07, 6.45) is 2.95. The van der Waals surface area contributed by atoms with E-state index in [1.165, 1.54) is 25.9 Å². The lowest BCUT2D eigenvalue weighted by Crippen LogP contribution is -2.43. The third kappa shape index (κ3) is 2.83. The molecule has 0 aromatic carbocycles. The molecule has 0 aromatic rings. The summed E-state index contributed by atoms with van der Waals surface area (Å²) >= 11 is 0. The highest BCUT2D eigenvalue weighted by Gasteiger charge is 2.31. The van der Waals surface area contributed by atoms with E-state index in [0.29, 0.717) is 18.2 Å². The van der Waals surface area contributed by atoms with Crippen LogP contribution in [0.4, 0.5) is 0 Å². The predicted octanol–water partition coefficient (Wildman–Crippen LogP) is 1.08. The number of ether oxygens (including phenoxy) is 1. The summed E-state index contributed by atoms with van der Waals surface area (Å²) in [6.45, 7) is 5.50. The van der Waals surface area contributed by atoms with Crippen LogP contribution in [0.25, 0.3) is 0 Å². The van der Waals surface area contributed by atoms with Gasteiger partial charge in [0.15, 0.2) is 0 Å². The molecule has 4 heteroatoms. The Morgan fingerprint density at radius 2 is 2.21 bits per heavy atom. The minimum atomic E-state index is 0. The molecule has 0 aliphatic carbocycles. The summed E-state index contributed by atoms with van der Waals surface area (Å²) in [5, 5.41) is 3.50. The van der Waals surface area contributed by atoms with Crippen molar-refractivity contribution in [3.63, 3.8) is 0 Å². The summed E-state index contributed by atoms with van der Waals surface area (Å²) < 4.78 is 5.72. The zero-order valence-electron chi connectivity index (χ0n) is 9.03. The van der Waals surface area contributed by atoms with Gasteiger partial charge in [-0.15, -0.1) is 12.4 Å². The molecule has 14 heavy (non-hydrogen) atoms. The van der Waals surface area contributed by atoms with Gasteiger partial charge in [0.25, 0.3) is 0 Å². The van der Waals surface area contributed by atoms with Crippen LogP contribution in [0.2, 0.25) is 0 Å². The van der Waals surface area contributed by atoms with Crippen LogP contribution in [0.3, 0.4) is 0 Å².